The van der Waals surface area contributed by atoms with Crippen molar-refractivity contribution in [2.75, 3.05) is 0 Å². The van der Waals surface area contributed by atoms with Gasteiger partial charge in [0.2, 0.25) is 0 Å². The fourth-order valence-electron chi connectivity index (χ4n) is 4.76. The topological polar surface area (TPSA) is 26.0 Å². The van der Waals surface area contributed by atoms with Crippen LogP contribution in [-0.2, 0) is 5.41 Å². The summed E-state index contributed by atoms with van der Waals surface area (Å²) in [5.74, 6) is -0.241. The monoisotopic (exact) mass is 457 g/mol. The van der Waals surface area contributed by atoms with Gasteiger partial charge in [-0.25, -0.2) is 4.39 Å². The van der Waals surface area contributed by atoms with E-state index in [1.807, 2.05) is 30.3 Å². The Morgan fingerprint density at radius 1 is 0.629 bits per heavy atom. The van der Waals surface area contributed by atoms with Crippen LogP contribution in [0, 0.1) is 5.82 Å². The number of aromatic nitrogens is 1. The van der Waals surface area contributed by atoms with Crippen LogP contribution in [0.15, 0.2) is 114 Å². The lowest BCUT2D eigenvalue weighted by Crippen LogP contribution is -2.18. The van der Waals surface area contributed by atoms with Crippen LogP contribution in [0.25, 0.3) is 44.3 Å². The molecule has 0 N–H and O–H groups in total. The summed E-state index contributed by atoms with van der Waals surface area (Å²) in [7, 11) is 0. The third kappa shape index (κ3) is 3.79. The normalized spacial score (nSPS) is 11.9. The zero-order chi connectivity index (χ0) is 24.0. The molecule has 0 aliphatic heterocycles. The fraction of sp³-hybridized carbons (Fsp3) is 0.0938. The number of furan rings is 1. The number of pyridine rings is 1. The average molecular weight is 458 g/mol. The van der Waals surface area contributed by atoms with Crippen molar-refractivity contribution in [3.63, 3.8) is 0 Å². The molecule has 35 heavy (non-hydrogen) atoms. The summed E-state index contributed by atoms with van der Waals surface area (Å²) >= 11 is 0. The van der Waals surface area contributed by atoms with Gasteiger partial charge in [0.1, 0.15) is 17.0 Å². The van der Waals surface area contributed by atoms with Gasteiger partial charge in [-0.15, -0.1) is 0 Å². The smallest absolute Gasteiger partial charge is 0.135 e. The van der Waals surface area contributed by atoms with Crippen LogP contribution in [0.4, 0.5) is 4.39 Å². The van der Waals surface area contributed by atoms with E-state index in [4.69, 9.17) is 4.42 Å². The van der Waals surface area contributed by atoms with Crippen LogP contribution >= 0.6 is 0 Å². The molecule has 0 unspecified atom stereocenters. The molecule has 0 saturated heterocycles. The van der Waals surface area contributed by atoms with Gasteiger partial charge in [0.15, 0.2) is 0 Å². The first-order valence-electron chi connectivity index (χ1n) is 11.7. The fourth-order valence-corrected chi connectivity index (χ4v) is 4.76. The van der Waals surface area contributed by atoms with Crippen LogP contribution < -0.4 is 0 Å². The predicted octanol–water partition coefficient (Wildman–Crippen LogP) is 8.78. The maximum absolute atomic E-state index is 13.4. The minimum Gasteiger partial charge on any atom is -0.456 e. The largest absolute Gasteiger partial charge is 0.456 e. The Bertz CT molecular complexity index is 1660. The second-order valence-corrected chi connectivity index (χ2v) is 9.45. The summed E-state index contributed by atoms with van der Waals surface area (Å²) in [6, 6.07) is 33.8. The number of hydrogen-bond donors (Lipinski definition) is 0. The Morgan fingerprint density at radius 3 is 2.09 bits per heavy atom. The lowest BCUT2D eigenvalue weighted by Gasteiger charge is -2.26. The number of halogens is 1. The van der Waals surface area contributed by atoms with Crippen LogP contribution in [0.3, 0.4) is 0 Å². The van der Waals surface area contributed by atoms with E-state index in [2.05, 4.69) is 67.4 Å². The van der Waals surface area contributed by atoms with Crippen molar-refractivity contribution >= 4 is 21.9 Å². The van der Waals surface area contributed by atoms with E-state index in [0.717, 1.165) is 44.3 Å². The highest BCUT2D eigenvalue weighted by Gasteiger charge is 2.24. The number of hydrogen-bond acceptors (Lipinski definition) is 2. The Balaban J connectivity index is 1.45. The van der Waals surface area contributed by atoms with E-state index in [9.17, 15) is 4.39 Å². The van der Waals surface area contributed by atoms with E-state index >= 15 is 0 Å². The van der Waals surface area contributed by atoms with E-state index in [1.165, 1.54) is 23.3 Å². The quantitative estimate of drug-likeness (QED) is 0.264. The third-order valence-electron chi connectivity index (χ3n) is 6.92. The first kappa shape index (κ1) is 21.3. The Morgan fingerprint density at radius 2 is 1.31 bits per heavy atom. The zero-order valence-corrected chi connectivity index (χ0v) is 19.6. The van der Waals surface area contributed by atoms with Crippen LogP contribution in [0.5, 0.6) is 0 Å². The Kier molecular flexibility index (Phi) is 5.00. The second-order valence-electron chi connectivity index (χ2n) is 9.45. The summed E-state index contributed by atoms with van der Waals surface area (Å²) in [5, 5.41) is 2.16. The Hall–Kier alpha value is -4.24. The van der Waals surface area contributed by atoms with Gasteiger partial charge in [-0.05, 0) is 76.9 Å². The van der Waals surface area contributed by atoms with E-state index in [0.29, 0.717) is 0 Å². The summed E-state index contributed by atoms with van der Waals surface area (Å²) in [6.45, 7) is 4.50. The highest BCUT2D eigenvalue weighted by atomic mass is 19.1. The average Bonchev–Trinajstić information content (AvgIpc) is 3.27. The van der Waals surface area contributed by atoms with Gasteiger partial charge < -0.3 is 4.42 Å². The molecule has 0 atom stereocenters. The minimum absolute atomic E-state index is 0.137. The van der Waals surface area contributed by atoms with Gasteiger partial charge in [-0.3, -0.25) is 4.98 Å². The molecule has 6 rings (SSSR count). The molecule has 2 aromatic heterocycles. The summed E-state index contributed by atoms with van der Waals surface area (Å²) in [5.41, 5.74) is 7.93. The molecule has 170 valence electrons. The maximum Gasteiger partial charge on any atom is 0.135 e. The van der Waals surface area contributed by atoms with Crippen molar-refractivity contribution in [2.45, 2.75) is 19.3 Å². The van der Waals surface area contributed by atoms with Crippen molar-refractivity contribution in [3.8, 4) is 22.4 Å². The van der Waals surface area contributed by atoms with Gasteiger partial charge >= 0.3 is 0 Å². The number of rotatable bonds is 4. The number of benzene rings is 4. The molecule has 0 bridgehead atoms. The molecular formula is C32H24FNO. The molecule has 0 aliphatic rings. The third-order valence-corrected chi connectivity index (χ3v) is 6.92. The lowest BCUT2D eigenvalue weighted by atomic mass is 9.78. The molecule has 4 aromatic carbocycles. The lowest BCUT2D eigenvalue weighted by molar-refractivity contribution is 0.628. The molecule has 2 heterocycles. The molecule has 0 saturated carbocycles. The van der Waals surface area contributed by atoms with E-state index in [1.54, 1.807) is 18.3 Å². The standard InChI is InChI=1S/C32H24FNO/c1-32(2,24-6-4-3-5-7-24)25-11-15-31-28(20-25)27-18-23(10-14-30(27)35-31)29-19-22(16-17-34-29)21-8-12-26(33)13-9-21/h3-20H,1-2H3. The molecule has 0 amide bonds. The number of fused-ring (bicyclic) bond motifs is 3. The zero-order valence-electron chi connectivity index (χ0n) is 19.6. The first-order valence-corrected chi connectivity index (χ1v) is 11.7. The molecule has 2 nitrogen and oxygen atoms in total. The number of nitrogens with zero attached hydrogens (tertiary/aromatic N) is 1. The van der Waals surface area contributed by atoms with Crippen LogP contribution in [-0.4, -0.2) is 4.98 Å². The van der Waals surface area contributed by atoms with E-state index in [-0.39, 0.29) is 11.2 Å². The molecule has 0 fully saturated rings. The van der Waals surface area contributed by atoms with Crippen molar-refractivity contribution in [1.82, 2.24) is 4.98 Å². The second kappa shape index (κ2) is 8.21. The first-order chi connectivity index (χ1) is 17.0. The molecule has 0 aliphatic carbocycles. The van der Waals surface area contributed by atoms with Crippen molar-refractivity contribution in [2.24, 2.45) is 0 Å². The molecule has 0 radical (unpaired) electrons. The van der Waals surface area contributed by atoms with Gasteiger partial charge in [0.05, 0.1) is 5.69 Å². The summed E-state index contributed by atoms with van der Waals surface area (Å²) in [6.07, 6.45) is 1.80. The highest BCUT2D eigenvalue weighted by molar-refractivity contribution is 6.06. The minimum atomic E-state index is -0.241. The summed E-state index contributed by atoms with van der Waals surface area (Å²) < 4.78 is 19.5. The molecular weight excluding hydrogens is 433 g/mol. The molecule has 0 spiro atoms. The molecule has 6 aromatic rings. The van der Waals surface area contributed by atoms with Gasteiger partial charge in [-0.2, -0.15) is 0 Å². The van der Waals surface area contributed by atoms with Crippen LogP contribution in [0.2, 0.25) is 0 Å². The predicted molar refractivity (Wildman–Crippen MR) is 141 cm³/mol. The Labute approximate surface area is 203 Å². The van der Waals surface area contributed by atoms with Gasteiger partial charge in [0.25, 0.3) is 0 Å². The van der Waals surface area contributed by atoms with E-state index < -0.39 is 0 Å². The van der Waals surface area contributed by atoms with Crippen molar-refractivity contribution in [1.29, 1.82) is 0 Å². The van der Waals surface area contributed by atoms with Crippen molar-refractivity contribution in [3.05, 3.63) is 126 Å². The molecule has 3 heteroatoms. The highest BCUT2D eigenvalue weighted by Crippen LogP contribution is 2.37. The van der Waals surface area contributed by atoms with Gasteiger partial charge in [-0.1, -0.05) is 62.4 Å². The van der Waals surface area contributed by atoms with Gasteiger partial charge in [0, 0.05) is 27.9 Å². The van der Waals surface area contributed by atoms with Crippen molar-refractivity contribution < 1.29 is 8.81 Å². The summed E-state index contributed by atoms with van der Waals surface area (Å²) in [4.78, 5) is 4.62. The SMILES string of the molecule is CC(C)(c1ccccc1)c1ccc2oc3ccc(-c4cc(-c5ccc(F)cc5)ccn4)cc3c2c1. The maximum atomic E-state index is 13.4. The van der Waals surface area contributed by atoms with Crippen LogP contribution in [0.1, 0.15) is 25.0 Å².